The van der Waals surface area contributed by atoms with Crippen molar-refractivity contribution in [3.63, 3.8) is 0 Å². The number of aromatic nitrogens is 1. The smallest absolute Gasteiger partial charge is 0.269 e. The number of hydrogen-bond donors (Lipinski definition) is 2. The molecule has 1 atom stereocenters. The zero-order valence-corrected chi connectivity index (χ0v) is 10.9. The molecule has 0 spiro atoms. The van der Waals surface area contributed by atoms with Crippen molar-refractivity contribution >= 4 is 28.8 Å². The zero-order valence-electron chi connectivity index (χ0n) is 9.34. The van der Waals surface area contributed by atoms with Gasteiger partial charge in [0.15, 0.2) is 0 Å². The highest BCUT2D eigenvalue weighted by Gasteiger charge is 2.13. The minimum Gasteiger partial charge on any atom is -0.386 e. The summed E-state index contributed by atoms with van der Waals surface area (Å²) in [7, 11) is 0. The summed E-state index contributed by atoms with van der Waals surface area (Å²) < 4.78 is 0.611. The lowest BCUT2D eigenvalue weighted by Crippen LogP contribution is -2.28. The van der Waals surface area contributed by atoms with Gasteiger partial charge in [-0.25, -0.2) is 0 Å². The molecule has 4 nitrogen and oxygen atoms in total. The highest BCUT2D eigenvalue weighted by atomic mass is 35.5. The Hall–Kier alpha value is -1.43. The molecule has 0 aromatic carbocycles. The molecule has 0 saturated heterocycles. The fourth-order valence-corrected chi connectivity index (χ4v) is 2.43. The van der Waals surface area contributed by atoms with Gasteiger partial charge >= 0.3 is 0 Å². The van der Waals surface area contributed by atoms with Crippen LogP contribution in [-0.2, 0) is 0 Å². The van der Waals surface area contributed by atoms with Gasteiger partial charge in [0.1, 0.15) is 11.8 Å². The predicted octanol–water partition coefficient (Wildman–Crippen LogP) is 2.26. The number of rotatable bonds is 4. The number of carbonyl (C=O) groups is 1. The van der Waals surface area contributed by atoms with E-state index in [0.29, 0.717) is 10.0 Å². The Labute approximate surface area is 113 Å². The van der Waals surface area contributed by atoms with Crippen LogP contribution in [0.1, 0.15) is 21.5 Å². The molecule has 6 heteroatoms. The summed E-state index contributed by atoms with van der Waals surface area (Å²) in [6.07, 6.45) is 0.792. The van der Waals surface area contributed by atoms with Crippen LogP contribution in [0.15, 0.2) is 36.5 Å². The number of thiophene rings is 1. The number of aliphatic hydroxyl groups excluding tert-OH is 1. The summed E-state index contributed by atoms with van der Waals surface area (Å²) in [5, 5.41) is 12.5. The molecular formula is C12H11ClN2O2S. The molecule has 2 rings (SSSR count). The van der Waals surface area contributed by atoms with Crippen LogP contribution in [0.2, 0.25) is 4.34 Å². The van der Waals surface area contributed by atoms with Crippen LogP contribution in [0, 0.1) is 0 Å². The number of amides is 1. The van der Waals surface area contributed by atoms with E-state index in [1.807, 2.05) is 0 Å². The minimum atomic E-state index is -0.754. The zero-order chi connectivity index (χ0) is 13.0. The summed E-state index contributed by atoms with van der Waals surface area (Å²) in [6.45, 7) is 0.131. The molecule has 18 heavy (non-hydrogen) atoms. The average Bonchev–Trinajstić information content (AvgIpc) is 2.83. The van der Waals surface area contributed by atoms with Gasteiger partial charge in [-0.05, 0) is 24.3 Å². The first kappa shape index (κ1) is 13.0. The fraction of sp³-hybridized carbons (Fsp3) is 0.167. The molecule has 0 aliphatic carbocycles. The second kappa shape index (κ2) is 5.95. The number of pyridine rings is 1. The van der Waals surface area contributed by atoms with Crippen molar-refractivity contribution in [3.8, 4) is 0 Å². The Morgan fingerprint density at radius 1 is 1.44 bits per heavy atom. The van der Waals surface area contributed by atoms with Crippen LogP contribution in [0.5, 0.6) is 0 Å². The maximum atomic E-state index is 11.7. The lowest BCUT2D eigenvalue weighted by Gasteiger charge is -2.09. The van der Waals surface area contributed by atoms with Crippen molar-refractivity contribution in [2.45, 2.75) is 6.10 Å². The van der Waals surface area contributed by atoms with Crippen LogP contribution in [0.25, 0.3) is 0 Å². The molecule has 0 unspecified atom stereocenters. The van der Waals surface area contributed by atoms with E-state index in [4.69, 9.17) is 11.6 Å². The SMILES string of the molecule is O=C(NC[C@H](O)c1ccc(Cl)s1)c1ccccn1. The van der Waals surface area contributed by atoms with E-state index in [1.165, 1.54) is 11.3 Å². The maximum Gasteiger partial charge on any atom is 0.269 e. The normalized spacial score (nSPS) is 12.1. The van der Waals surface area contributed by atoms with Gasteiger partial charge in [-0.15, -0.1) is 11.3 Å². The topological polar surface area (TPSA) is 62.2 Å². The molecular weight excluding hydrogens is 272 g/mol. The quantitative estimate of drug-likeness (QED) is 0.904. The number of aliphatic hydroxyl groups is 1. The van der Waals surface area contributed by atoms with Crippen LogP contribution < -0.4 is 5.32 Å². The Morgan fingerprint density at radius 3 is 2.89 bits per heavy atom. The highest BCUT2D eigenvalue weighted by molar-refractivity contribution is 7.16. The molecule has 2 aromatic heterocycles. The first-order valence-electron chi connectivity index (χ1n) is 5.29. The number of carbonyl (C=O) groups excluding carboxylic acids is 1. The second-order valence-electron chi connectivity index (χ2n) is 3.58. The molecule has 0 aliphatic rings. The molecule has 2 heterocycles. The van der Waals surface area contributed by atoms with E-state index in [1.54, 1.807) is 36.5 Å². The minimum absolute atomic E-state index is 0.131. The maximum absolute atomic E-state index is 11.7. The van der Waals surface area contributed by atoms with Gasteiger partial charge in [-0.2, -0.15) is 0 Å². The van der Waals surface area contributed by atoms with Gasteiger partial charge in [0.05, 0.1) is 4.34 Å². The number of nitrogens with one attached hydrogen (secondary N) is 1. The van der Waals surface area contributed by atoms with E-state index in [0.717, 1.165) is 4.88 Å². The van der Waals surface area contributed by atoms with E-state index in [2.05, 4.69) is 10.3 Å². The van der Waals surface area contributed by atoms with Crippen molar-refractivity contribution in [2.24, 2.45) is 0 Å². The molecule has 0 saturated carbocycles. The monoisotopic (exact) mass is 282 g/mol. The third-order valence-electron chi connectivity index (χ3n) is 2.28. The van der Waals surface area contributed by atoms with Crippen molar-refractivity contribution in [1.82, 2.24) is 10.3 Å². The van der Waals surface area contributed by atoms with E-state index in [9.17, 15) is 9.90 Å². The summed E-state index contributed by atoms with van der Waals surface area (Å²) >= 11 is 7.06. The fourth-order valence-electron chi connectivity index (χ4n) is 1.38. The summed E-state index contributed by atoms with van der Waals surface area (Å²) in [5.41, 5.74) is 0.328. The van der Waals surface area contributed by atoms with Gasteiger partial charge in [-0.1, -0.05) is 17.7 Å². The number of hydrogen-bond acceptors (Lipinski definition) is 4. The van der Waals surface area contributed by atoms with E-state index in [-0.39, 0.29) is 12.5 Å². The van der Waals surface area contributed by atoms with Crippen LogP contribution in [-0.4, -0.2) is 22.5 Å². The first-order chi connectivity index (χ1) is 8.66. The van der Waals surface area contributed by atoms with Crippen LogP contribution in [0.3, 0.4) is 0 Å². The van der Waals surface area contributed by atoms with Crippen LogP contribution >= 0.6 is 22.9 Å². The van der Waals surface area contributed by atoms with Crippen molar-refractivity contribution < 1.29 is 9.90 Å². The van der Waals surface area contributed by atoms with E-state index < -0.39 is 6.10 Å². The molecule has 1 amide bonds. The molecule has 0 bridgehead atoms. The Kier molecular flexibility index (Phi) is 4.30. The second-order valence-corrected chi connectivity index (χ2v) is 5.33. The molecule has 0 fully saturated rings. The Morgan fingerprint density at radius 2 is 2.28 bits per heavy atom. The summed E-state index contributed by atoms with van der Waals surface area (Å²) in [5.74, 6) is -0.308. The molecule has 0 aliphatic heterocycles. The largest absolute Gasteiger partial charge is 0.386 e. The van der Waals surface area contributed by atoms with Gasteiger partial charge in [-0.3, -0.25) is 9.78 Å². The van der Waals surface area contributed by atoms with Gasteiger partial charge in [0.2, 0.25) is 0 Å². The molecule has 2 aromatic rings. The van der Waals surface area contributed by atoms with Gasteiger partial charge < -0.3 is 10.4 Å². The first-order valence-corrected chi connectivity index (χ1v) is 6.49. The Balaban J connectivity index is 1.90. The van der Waals surface area contributed by atoms with Crippen molar-refractivity contribution in [3.05, 3.63) is 51.4 Å². The number of nitrogens with zero attached hydrogens (tertiary/aromatic N) is 1. The molecule has 94 valence electrons. The van der Waals surface area contributed by atoms with Gasteiger partial charge in [0, 0.05) is 17.6 Å². The standard InChI is InChI=1S/C12H11ClN2O2S/c13-11-5-4-10(18-11)9(16)7-15-12(17)8-3-1-2-6-14-8/h1-6,9,16H,7H2,(H,15,17)/t9-/m0/s1. The lowest BCUT2D eigenvalue weighted by atomic mass is 10.3. The molecule has 2 N–H and O–H groups in total. The van der Waals surface area contributed by atoms with Gasteiger partial charge in [0.25, 0.3) is 5.91 Å². The average molecular weight is 283 g/mol. The molecule has 0 radical (unpaired) electrons. The third kappa shape index (κ3) is 3.29. The highest BCUT2D eigenvalue weighted by Crippen LogP contribution is 2.26. The third-order valence-corrected chi connectivity index (χ3v) is 3.61. The van der Waals surface area contributed by atoms with Crippen molar-refractivity contribution in [2.75, 3.05) is 6.54 Å². The lowest BCUT2D eigenvalue weighted by molar-refractivity contribution is 0.0913. The van der Waals surface area contributed by atoms with Crippen molar-refractivity contribution in [1.29, 1.82) is 0 Å². The predicted molar refractivity (Wildman–Crippen MR) is 70.9 cm³/mol. The van der Waals surface area contributed by atoms with E-state index >= 15 is 0 Å². The number of halogens is 1. The summed E-state index contributed by atoms with van der Waals surface area (Å²) in [4.78, 5) is 16.3. The summed E-state index contributed by atoms with van der Waals surface area (Å²) in [6, 6.07) is 8.54. The Bertz CT molecular complexity index is 530. The van der Waals surface area contributed by atoms with Crippen LogP contribution in [0.4, 0.5) is 0 Å².